The van der Waals surface area contributed by atoms with E-state index in [4.69, 9.17) is 9.57 Å². The van der Waals surface area contributed by atoms with Crippen molar-refractivity contribution in [3.63, 3.8) is 0 Å². The topological polar surface area (TPSA) is 101 Å². The zero-order valence-electron chi connectivity index (χ0n) is 23.2. The first-order valence-corrected chi connectivity index (χ1v) is 14.5. The number of rotatable bonds is 13. The summed E-state index contributed by atoms with van der Waals surface area (Å²) in [6.07, 6.45) is 1.51. The Balaban J connectivity index is 1.45. The van der Waals surface area contributed by atoms with Gasteiger partial charge in [-0.2, -0.15) is 0 Å². The summed E-state index contributed by atoms with van der Waals surface area (Å²) >= 11 is 2.29. The third-order valence-corrected chi connectivity index (χ3v) is 6.90. The van der Waals surface area contributed by atoms with Crippen LogP contribution in [0.1, 0.15) is 23.6 Å². The first-order chi connectivity index (χ1) is 19.8. The van der Waals surface area contributed by atoms with Gasteiger partial charge >= 0.3 is 0 Å². The summed E-state index contributed by atoms with van der Waals surface area (Å²) in [5, 5.41) is 11.1. The maximum absolute atomic E-state index is 13.5. The molecule has 0 aliphatic rings. The molecule has 0 saturated heterocycles. The zero-order chi connectivity index (χ0) is 29.2. The molecule has 0 atom stereocenters. The summed E-state index contributed by atoms with van der Waals surface area (Å²) in [7, 11) is 3.88. The summed E-state index contributed by atoms with van der Waals surface area (Å²) in [5.74, 6) is 0.867. The molecule has 0 unspecified atom stereocenters. The Kier molecular flexibility index (Phi) is 10.8. The van der Waals surface area contributed by atoms with Crippen molar-refractivity contribution in [1.82, 2.24) is 20.2 Å². The van der Waals surface area contributed by atoms with E-state index in [2.05, 4.69) is 48.3 Å². The number of hydrogen-bond acceptors (Lipinski definition) is 8. The summed E-state index contributed by atoms with van der Waals surface area (Å²) in [5.41, 5.74) is 4.81. The van der Waals surface area contributed by atoms with Crippen LogP contribution in [0.5, 0.6) is 5.75 Å². The number of oxime groups is 1. The molecule has 9 nitrogen and oxygen atoms in total. The quantitative estimate of drug-likeness (QED) is 0.0846. The van der Waals surface area contributed by atoms with Gasteiger partial charge in [0.1, 0.15) is 30.3 Å². The van der Waals surface area contributed by atoms with Crippen LogP contribution in [0.4, 0.5) is 15.9 Å². The Bertz CT molecular complexity index is 1530. The average molecular weight is 671 g/mol. The normalized spacial score (nSPS) is 11.5. The Morgan fingerprint density at radius 2 is 1.95 bits per heavy atom. The standard InChI is InChI=1S/C30H32FIN6O3/c1-20(37-41-18-29(39)33-11-12-38(2)3)22-7-9-27-26(15-22)30(35-19-34-27)36-25-8-10-28(23(14-25)16-32)40-17-21-5-4-6-24(31)13-21/h4-10,13-15,19H,11-12,16-18H2,1-3H3,(H,33,39)(H,34,35,36)/b37-20+. The lowest BCUT2D eigenvalue weighted by molar-refractivity contribution is -0.125. The molecular weight excluding hydrogens is 638 g/mol. The molecular formula is C30H32FIN6O3. The molecule has 2 N–H and O–H groups in total. The van der Waals surface area contributed by atoms with Crippen LogP contribution < -0.4 is 15.4 Å². The van der Waals surface area contributed by atoms with Crippen molar-refractivity contribution >= 4 is 56.6 Å². The SMILES string of the molecule is C/C(=N\OCC(=O)NCCN(C)C)c1ccc2ncnc(Nc3ccc(OCc4cccc(F)c4)c(CI)c3)c2c1. The van der Waals surface area contributed by atoms with Crippen molar-refractivity contribution in [3.05, 3.63) is 89.5 Å². The van der Waals surface area contributed by atoms with E-state index in [1.54, 1.807) is 6.07 Å². The van der Waals surface area contributed by atoms with Crippen molar-refractivity contribution in [3.8, 4) is 5.75 Å². The third-order valence-electron chi connectivity index (χ3n) is 6.08. The molecule has 214 valence electrons. The van der Waals surface area contributed by atoms with Crippen LogP contribution in [0, 0.1) is 5.82 Å². The van der Waals surface area contributed by atoms with Gasteiger partial charge < -0.3 is 25.1 Å². The molecule has 0 radical (unpaired) electrons. The highest BCUT2D eigenvalue weighted by molar-refractivity contribution is 14.1. The van der Waals surface area contributed by atoms with Gasteiger partial charge in [0.15, 0.2) is 6.61 Å². The number of halogens is 2. The number of aromatic nitrogens is 2. The van der Waals surface area contributed by atoms with Gasteiger partial charge in [-0.25, -0.2) is 14.4 Å². The third kappa shape index (κ3) is 8.82. The molecule has 0 fully saturated rings. The largest absolute Gasteiger partial charge is 0.489 e. The number of carbonyl (C=O) groups is 1. The van der Waals surface area contributed by atoms with E-state index in [1.807, 2.05) is 68.4 Å². The van der Waals surface area contributed by atoms with Crippen molar-refractivity contribution in [1.29, 1.82) is 0 Å². The van der Waals surface area contributed by atoms with Crippen LogP contribution >= 0.6 is 22.6 Å². The molecule has 4 aromatic rings. The van der Waals surface area contributed by atoms with E-state index in [1.165, 1.54) is 18.5 Å². The molecule has 4 rings (SSSR count). The van der Waals surface area contributed by atoms with Crippen molar-refractivity contribution in [2.45, 2.75) is 18.0 Å². The number of alkyl halides is 1. The van der Waals surface area contributed by atoms with Crippen molar-refractivity contribution in [2.75, 3.05) is 39.1 Å². The minimum atomic E-state index is -0.285. The molecule has 41 heavy (non-hydrogen) atoms. The molecule has 1 heterocycles. The predicted octanol–water partition coefficient (Wildman–Crippen LogP) is 5.44. The number of hydrogen-bond donors (Lipinski definition) is 2. The fourth-order valence-electron chi connectivity index (χ4n) is 3.92. The molecule has 0 spiro atoms. The van der Waals surface area contributed by atoms with E-state index in [0.29, 0.717) is 18.1 Å². The lowest BCUT2D eigenvalue weighted by Gasteiger charge is -2.14. The van der Waals surface area contributed by atoms with Gasteiger partial charge in [-0.15, -0.1) is 0 Å². The lowest BCUT2D eigenvalue weighted by Crippen LogP contribution is -2.33. The Morgan fingerprint density at radius 3 is 2.73 bits per heavy atom. The van der Waals surface area contributed by atoms with Gasteiger partial charge in [0, 0.05) is 34.2 Å². The van der Waals surface area contributed by atoms with E-state index in [9.17, 15) is 9.18 Å². The minimum Gasteiger partial charge on any atom is -0.489 e. The number of carbonyl (C=O) groups excluding carboxylic acids is 1. The molecule has 3 aromatic carbocycles. The highest BCUT2D eigenvalue weighted by Crippen LogP contribution is 2.30. The number of benzene rings is 3. The molecule has 0 saturated carbocycles. The second kappa shape index (κ2) is 14.7. The number of ether oxygens (including phenoxy) is 1. The fourth-order valence-corrected chi connectivity index (χ4v) is 4.51. The molecule has 11 heteroatoms. The number of nitrogens with zero attached hydrogens (tertiary/aromatic N) is 4. The lowest BCUT2D eigenvalue weighted by atomic mass is 10.1. The Labute approximate surface area is 252 Å². The molecule has 0 aliphatic heterocycles. The second-order valence-corrected chi connectivity index (χ2v) is 10.3. The number of likely N-dealkylation sites (N-methyl/N-ethyl adjacent to an activating group) is 1. The summed E-state index contributed by atoms with van der Waals surface area (Å²) in [6.45, 7) is 3.23. The van der Waals surface area contributed by atoms with Crippen LogP contribution in [0.2, 0.25) is 0 Å². The van der Waals surface area contributed by atoms with Gasteiger partial charge in [-0.05, 0) is 74.6 Å². The van der Waals surface area contributed by atoms with E-state index >= 15 is 0 Å². The van der Waals surface area contributed by atoms with Gasteiger partial charge in [0.25, 0.3) is 5.91 Å². The maximum atomic E-state index is 13.5. The van der Waals surface area contributed by atoms with Crippen molar-refractivity contribution < 1.29 is 18.8 Å². The number of nitrogens with one attached hydrogen (secondary N) is 2. The first-order valence-electron chi connectivity index (χ1n) is 13.0. The molecule has 1 aromatic heterocycles. The smallest absolute Gasteiger partial charge is 0.260 e. The first kappa shape index (κ1) is 30.1. The number of amides is 1. The number of fused-ring (bicyclic) bond motifs is 1. The molecule has 1 amide bonds. The highest BCUT2D eigenvalue weighted by Gasteiger charge is 2.11. The van der Waals surface area contributed by atoms with Gasteiger partial charge in [0.2, 0.25) is 0 Å². The predicted molar refractivity (Wildman–Crippen MR) is 167 cm³/mol. The monoisotopic (exact) mass is 670 g/mol. The zero-order valence-corrected chi connectivity index (χ0v) is 25.3. The van der Waals surface area contributed by atoms with Crippen LogP contribution in [-0.4, -0.2) is 60.3 Å². The Hall–Kier alpha value is -3.84. The van der Waals surface area contributed by atoms with E-state index in [-0.39, 0.29) is 24.9 Å². The average Bonchev–Trinajstić information content (AvgIpc) is 2.96. The van der Waals surface area contributed by atoms with Gasteiger partial charge in [0.05, 0.1) is 11.2 Å². The Morgan fingerprint density at radius 1 is 1.10 bits per heavy atom. The summed E-state index contributed by atoms with van der Waals surface area (Å²) in [4.78, 5) is 28.1. The van der Waals surface area contributed by atoms with Crippen LogP contribution in [0.25, 0.3) is 10.9 Å². The van der Waals surface area contributed by atoms with Crippen molar-refractivity contribution in [2.24, 2.45) is 5.16 Å². The number of anilines is 2. The van der Waals surface area contributed by atoms with Gasteiger partial charge in [-0.1, -0.05) is 45.9 Å². The van der Waals surface area contributed by atoms with Crippen LogP contribution in [-0.2, 0) is 20.7 Å². The second-order valence-electron chi connectivity index (χ2n) is 9.56. The van der Waals surface area contributed by atoms with Crippen LogP contribution in [0.15, 0.2) is 72.1 Å². The minimum absolute atomic E-state index is 0.157. The van der Waals surface area contributed by atoms with Crippen LogP contribution in [0.3, 0.4) is 0 Å². The van der Waals surface area contributed by atoms with Gasteiger partial charge in [-0.3, -0.25) is 4.79 Å². The molecule has 0 bridgehead atoms. The van der Waals surface area contributed by atoms with E-state index in [0.717, 1.165) is 50.0 Å². The summed E-state index contributed by atoms with van der Waals surface area (Å²) < 4.78 is 20.2. The molecule has 0 aliphatic carbocycles. The maximum Gasteiger partial charge on any atom is 0.260 e. The highest BCUT2D eigenvalue weighted by atomic mass is 127. The fraction of sp³-hybridized carbons (Fsp3) is 0.267. The van der Waals surface area contributed by atoms with E-state index < -0.39 is 0 Å². The summed E-state index contributed by atoms with van der Waals surface area (Å²) in [6, 6.07) is 17.9.